The molecule has 27 heavy (non-hydrogen) atoms. The summed E-state index contributed by atoms with van der Waals surface area (Å²) in [6.07, 6.45) is 3.62. The molecule has 3 atom stereocenters. The summed E-state index contributed by atoms with van der Waals surface area (Å²) in [6.45, 7) is 1.83. The zero-order chi connectivity index (χ0) is 18.6. The monoisotopic (exact) mass is 364 g/mol. The van der Waals surface area contributed by atoms with Crippen molar-refractivity contribution in [2.24, 2.45) is 0 Å². The summed E-state index contributed by atoms with van der Waals surface area (Å²) in [5.74, 6) is 1.49. The fraction of sp³-hybridized carbons (Fsp3) is 0.435. The number of likely N-dealkylation sites (tertiary alicyclic amines) is 1. The van der Waals surface area contributed by atoms with Gasteiger partial charge < -0.3 is 15.0 Å². The van der Waals surface area contributed by atoms with Gasteiger partial charge in [-0.05, 0) is 49.1 Å². The second kappa shape index (κ2) is 8.13. The van der Waals surface area contributed by atoms with Crippen LogP contribution in [0.25, 0.3) is 0 Å². The Morgan fingerprint density at radius 1 is 1.19 bits per heavy atom. The molecule has 2 aromatic rings. The van der Waals surface area contributed by atoms with Crippen molar-refractivity contribution in [3.63, 3.8) is 0 Å². The molecule has 2 aliphatic rings. The first kappa shape index (κ1) is 18.1. The molecule has 0 aromatic heterocycles. The highest BCUT2D eigenvalue weighted by Crippen LogP contribution is 2.37. The van der Waals surface area contributed by atoms with Gasteiger partial charge in [0, 0.05) is 31.0 Å². The minimum atomic E-state index is 0.281. The van der Waals surface area contributed by atoms with Crippen LogP contribution in [0, 0.1) is 0 Å². The molecule has 1 N–H and O–H groups in total. The third-order valence-electron chi connectivity index (χ3n) is 6.01. The van der Waals surface area contributed by atoms with E-state index >= 15 is 0 Å². The number of aryl methyl sites for hydroxylation is 1. The van der Waals surface area contributed by atoms with E-state index in [4.69, 9.17) is 4.74 Å². The molecule has 2 fully saturated rings. The molecule has 0 aliphatic carbocycles. The number of piperidine rings is 1. The molecule has 2 aromatic carbocycles. The van der Waals surface area contributed by atoms with Gasteiger partial charge in [-0.25, -0.2) is 0 Å². The van der Waals surface area contributed by atoms with Gasteiger partial charge in [-0.1, -0.05) is 42.5 Å². The van der Waals surface area contributed by atoms with Crippen molar-refractivity contribution < 1.29 is 9.53 Å². The first-order chi connectivity index (χ1) is 13.3. The number of benzene rings is 2. The van der Waals surface area contributed by atoms with Gasteiger partial charge >= 0.3 is 0 Å². The van der Waals surface area contributed by atoms with Gasteiger partial charge in [0.1, 0.15) is 5.75 Å². The van der Waals surface area contributed by atoms with Gasteiger partial charge in [-0.15, -0.1) is 0 Å². The molecule has 0 unspecified atom stereocenters. The lowest BCUT2D eigenvalue weighted by Gasteiger charge is -2.33. The summed E-state index contributed by atoms with van der Waals surface area (Å²) < 4.78 is 5.41. The minimum Gasteiger partial charge on any atom is -0.497 e. The summed E-state index contributed by atoms with van der Waals surface area (Å²) in [7, 11) is 1.70. The van der Waals surface area contributed by atoms with E-state index < -0.39 is 0 Å². The number of carbonyl (C=O) groups is 1. The Kier molecular flexibility index (Phi) is 5.44. The van der Waals surface area contributed by atoms with E-state index in [1.165, 1.54) is 11.1 Å². The summed E-state index contributed by atoms with van der Waals surface area (Å²) in [4.78, 5) is 15.2. The number of amides is 1. The van der Waals surface area contributed by atoms with Crippen LogP contribution in [0.5, 0.6) is 5.75 Å². The van der Waals surface area contributed by atoms with Crippen LogP contribution in [-0.4, -0.2) is 43.1 Å². The van der Waals surface area contributed by atoms with Gasteiger partial charge in [0.15, 0.2) is 0 Å². The molecule has 0 bridgehead atoms. The second-order valence-corrected chi connectivity index (χ2v) is 7.60. The summed E-state index contributed by atoms with van der Waals surface area (Å²) >= 11 is 0. The number of rotatable bonds is 5. The highest BCUT2D eigenvalue weighted by atomic mass is 16.5. The van der Waals surface area contributed by atoms with Crippen LogP contribution in [-0.2, 0) is 11.2 Å². The van der Waals surface area contributed by atoms with Crippen molar-refractivity contribution in [3.8, 4) is 5.75 Å². The van der Waals surface area contributed by atoms with Gasteiger partial charge in [0.05, 0.1) is 7.11 Å². The summed E-state index contributed by atoms with van der Waals surface area (Å²) in [5, 5.41) is 3.69. The Morgan fingerprint density at radius 3 is 2.85 bits per heavy atom. The molecular formula is C23H28N2O2. The highest BCUT2D eigenvalue weighted by Gasteiger charge is 2.45. The van der Waals surface area contributed by atoms with Crippen molar-refractivity contribution in [1.82, 2.24) is 10.2 Å². The van der Waals surface area contributed by atoms with Crippen molar-refractivity contribution in [2.45, 2.75) is 43.7 Å². The van der Waals surface area contributed by atoms with Crippen LogP contribution in [0.1, 0.15) is 36.3 Å². The van der Waals surface area contributed by atoms with Crippen LogP contribution in [0.3, 0.4) is 0 Å². The van der Waals surface area contributed by atoms with E-state index in [1.807, 2.05) is 30.3 Å². The van der Waals surface area contributed by atoms with Crippen molar-refractivity contribution >= 4 is 5.91 Å². The van der Waals surface area contributed by atoms with Crippen LogP contribution in [0.4, 0.5) is 0 Å². The maximum atomic E-state index is 13.0. The standard InChI is InChI=1S/C23H28N2O2/c1-27-19-10-5-9-18(15-19)20-16-25(21-11-6-14-24-23(20)21)22(26)13-12-17-7-3-2-4-8-17/h2-5,7-10,15,20-21,23-24H,6,11-14,16H2,1H3/t20-,21-,23-/m1/s1. The van der Waals surface area contributed by atoms with Crippen LogP contribution in [0.2, 0.25) is 0 Å². The summed E-state index contributed by atoms with van der Waals surface area (Å²) in [6, 6.07) is 19.2. The molecular weight excluding hydrogens is 336 g/mol. The number of hydrogen-bond donors (Lipinski definition) is 1. The molecule has 4 nitrogen and oxygen atoms in total. The number of hydrogen-bond acceptors (Lipinski definition) is 3. The lowest BCUT2D eigenvalue weighted by molar-refractivity contribution is -0.132. The molecule has 2 heterocycles. The molecule has 4 rings (SSSR count). The molecule has 0 radical (unpaired) electrons. The van der Waals surface area contributed by atoms with Gasteiger partial charge in [0.2, 0.25) is 5.91 Å². The normalized spacial score (nSPS) is 24.5. The Hall–Kier alpha value is -2.33. The maximum Gasteiger partial charge on any atom is 0.223 e. The molecule has 142 valence electrons. The van der Waals surface area contributed by atoms with E-state index in [9.17, 15) is 4.79 Å². The fourth-order valence-corrected chi connectivity index (χ4v) is 4.63. The Labute approximate surface area is 161 Å². The fourth-order valence-electron chi connectivity index (χ4n) is 4.63. The Morgan fingerprint density at radius 2 is 2.04 bits per heavy atom. The topological polar surface area (TPSA) is 41.6 Å². The van der Waals surface area contributed by atoms with Crippen LogP contribution < -0.4 is 10.1 Å². The number of methoxy groups -OCH3 is 1. The van der Waals surface area contributed by atoms with Crippen LogP contribution in [0.15, 0.2) is 54.6 Å². The lowest BCUT2D eigenvalue weighted by Crippen LogP contribution is -2.49. The molecule has 1 amide bonds. The van der Waals surface area contributed by atoms with Gasteiger partial charge in [-0.2, -0.15) is 0 Å². The third kappa shape index (κ3) is 3.86. The van der Waals surface area contributed by atoms with Crippen molar-refractivity contribution in [1.29, 1.82) is 0 Å². The average molecular weight is 364 g/mol. The zero-order valence-electron chi connectivity index (χ0n) is 15.9. The number of carbonyl (C=O) groups excluding carboxylic acids is 1. The maximum absolute atomic E-state index is 13.0. The zero-order valence-corrected chi connectivity index (χ0v) is 15.9. The van der Waals surface area contributed by atoms with E-state index in [-0.39, 0.29) is 5.91 Å². The number of fused-ring (bicyclic) bond motifs is 1. The highest BCUT2D eigenvalue weighted by molar-refractivity contribution is 5.77. The Balaban J connectivity index is 1.50. The molecule has 2 aliphatic heterocycles. The minimum absolute atomic E-state index is 0.281. The smallest absolute Gasteiger partial charge is 0.223 e. The quantitative estimate of drug-likeness (QED) is 0.884. The van der Waals surface area contributed by atoms with E-state index in [0.717, 1.165) is 38.1 Å². The first-order valence-electron chi connectivity index (χ1n) is 9.97. The molecule has 2 saturated heterocycles. The molecule has 0 spiro atoms. The van der Waals surface area contributed by atoms with Gasteiger partial charge in [-0.3, -0.25) is 4.79 Å². The Bertz CT molecular complexity index is 777. The number of ether oxygens (including phenoxy) is 1. The number of nitrogens with one attached hydrogen (secondary N) is 1. The SMILES string of the molecule is COc1cccc([C@H]2CN(C(=O)CCc3ccccc3)[C@@H]3CCCN[C@H]23)c1. The third-order valence-corrected chi connectivity index (χ3v) is 6.01. The second-order valence-electron chi connectivity index (χ2n) is 7.60. The van der Waals surface area contributed by atoms with Crippen molar-refractivity contribution in [2.75, 3.05) is 20.2 Å². The van der Waals surface area contributed by atoms with Crippen molar-refractivity contribution in [3.05, 3.63) is 65.7 Å². The summed E-state index contributed by atoms with van der Waals surface area (Å²) in [5.41, 5.74) is 2.49. The van der Waals surface area contributed by atoms with Crippen LogP contribution >= 0.6 is 0 Å². The average Bonchev–Trinajstić information content (AvgIpc) is 3.13. The largest absolute Gasteiger partial charge is 0.497 e. The van der Waals surface area contributed by atoms with E-state index in [1.54, 1.807) is 7.11 Å². The predicted octanol–water partition coefficient (Wildman–Crippen LogP) is 3.37. The first-order valence-corrected chi connectivity index (χ1v) is 9.97. The lowest BCUT2D eigenvalue weighted by atomic mass is 9.87. The number of nitrogens with zero attached hydrogens (tertiary/aromatic N) is 1. The predicted molar refractivity (Wildman–Crippen MR) is 107 cm³/mol. The molecule has 0 saturated carbocycles. The molecule has 4 heteroatoms. The van der Waals surface area contributed by atoms with E-state index in [0.29, 0.717) is 24.4 Å². The van der Waals surface area contributed by atoms with Gasteiger partial charge in [0.25, 0.3) is 0 Å². The van der Waals surface area contributed by atoms with E-state index in [2.05, 4.69) is 34.5 Å².